The highest BCUT2D eigenvalue weighted by Crippen LogP contribution is 2.40. The number of nitrogens with two attached hydrogens (primary N) is 1. The van der Waals surface area contributed by atoms with Crippen LogP contribution >= 0.6 is 11.8 Å². The van der Waals surface area contributed by atoms with Crippen molar-refractivity contribution in [3.05, 3.63) is 53.6 Å². The Morgan fingerprint density at radius 3 is 2.57 bits per heavy atom. The van der Waals surface area contributed by atoms with Crippen molar-refractivity contribution in [3.63, 3.8) is 0 Å². The third-order valence-electron chi connectivity index (χ3n) is 2.96. The number of ether oxygens (including phenoxy) is 1. The van der Waals surface area contributed by atoms with Crippen LogP contribution in [0, 0.1) is 0 Å². The lowest BCUT2D eigenvalue weighted by molar-refractivity contribution is 0.103. The molecule has 0 unspecified atom stereocenters. The molecule has 2 aromatic rings. The topological polar surface area (TPSA) is 72.5 Å². The lowest BCUT2D eigenvalue weighted by Crippen LogP contribution is -2.04. The molecule has 0 aliphatic rings. The molecular weight excluding hydrogens is 286 g/mol. The second-order valence-electron chi connectivity index (χ2n) is 4.33. The predicted molar refractivity (Wildman–Crippen MR) is 84.3 cm³/mol. The smallest absolute Gasteiger partial charge is 0.196 e. The minimum absolute atomic E-state index is 0.0540. The van der Waals surface area contributed by atoms with Gasteiger partial charge in [0.2, 0.25) is 0 Å². The molecule has 0 amide bonds. The van der Waals surface area contributed by atoms with Crippen LogP contribution in [0.2, 0.25) is 0 Å². The Kier molecular flexibility index (Phi) is 5.25. The first kappa shape index (κ1) is 15.4. The van der Waals surface area contributed by atoms with Gasteiger partial charge in [-0.25, -0.2) is 0 Å². The third-order valence-corrected chi connectivity index (χ3v) is 4.08. The molecule has 0 aliphatic heterocycles. The fraction of sp³-hybridized carbons (Fsp3) is 0.188. The number of ketones is 1. The van der Waals surface area contributed by atoms with Gasteiger partial charge < -0.3 is 15.6 Å². The van der Waals surface area contributed by atoms with Gasteiger partial charge in [0, 0.05) is 17.9 Å². The summed E-state index contributed by atoms with van der Waals surface area (Å²) in [4.78, 5) is 13.0. The summed E-state index contributed by atoms with van der Waals surface area (Å²) >= 11 is 1.37. The Morgan fingerprint density at radius 1 is 1.24 bits per heavy atom. The summed E-state index contributed by atoms with van der Waals surface area (Å²) in [6.45, 7) is 0.476. The van der Waals surface area contributed by atoms with Crippen LogP contribution in [0.4, 0.5) is 0 Å². The van der Waals surface area contributed by atoms with Crippen molar-refractivity contribution in [3.8, 4) is 11.5 Å². The second kappa shape index (κ2) is 7.15. The van der Waals surface area contributed by atoms with Gasteiger partial charge in [-0.3, -0.25) is 4.79 Å². The van der Waals surface area contributed by atoms with E-state index in [1.807, 2.05) is 6.07 Å². The minimum atomic E-state index is -0.217. The molecule has 110 valence electrons. The van der Waals surface area contributed by atoms with Gasteiger partial charge in [-0.2, -0.15) is 0 Å². The van der Waals surface area contributed by atoms with E-state index in [0.29, 0.717) is 28.5 Å². The quantitative estimate of drug-likeness (QED) is 0.634. The fourth-order valence-corrected chi connectivity index (χ4v) is 2.80. The van der Waals surface area contributed by atoms with Gasteiger partial charge >= 0.3 is 0 Å². The van der Waals surface area contributed by atoms with Gasteiger partial charge in [0.15, 0.2) is 5.78 Å². The van der Waals surface area contributed by atoms with E-state index in [1.54, 1.807) is 36.4 Å². The Morgan fingerprint density at radius 2 is 1.95 bits per heavy atom. The van der Waals surface area contributed by atoms with Crippen molar-refractivity contribution in [1.82, 2.24) is 0 Å². The van der Waals surface area contributed by atoms with E-state index in [1.165, 1.54) is 18.9 Å². The lowest BCUT2D eigenvalue weighted by atomic mass is 10.0. The minimum Gasteiger partial charge on any atom is -0.506 e. The summed E-state index contributed by atoms with van der Waals surface area (Å²) < 4.78 is 5.23. The lowest BCUT2D eigenvalue weighted by Gasteiger charge is -2.13. The van der Waals surface area contributed by atoms with E-state index in [4.69, 9.17) is 10.5 Å². The molecule has 2 aromatic carbocycles. The first-order valence-corrected chi connectivity index (χ1v) is 7.50. The zero-order chi connectivity index (χ0) is 15.2. The number of phenolic OH excluding ortho intramolecular Hbond substituents is 1. The van der Waals surface area contributed by atoms with Crippen LogP contribution in [0.5, 0.6) is 11.5 Å². The van der Waals surface area contributed by atoms with Crippen molar-refractivity contribution in [2.75, 3.05) is 19.4 Å². The maximum Gasteiger partial charge on any atom is 0.196 e. The zero-order valence-electron chi connectivity index (χ0n) is 11.7. The average molecular weight is 303 g/mol. The van der Waals surface area contributed by atoms with Crippen molar-refractivity contribution < 1.29 is 14.6 Å². The Balaban J connectivity index is 2.43. The summed E-state index contributed by atoms with van der Waals surface area (Å²) in [7, 11) is 1.53. The normalized spacial score (nSPS) is 10.4. The van der Waals surface area contributed by atoms with Crippen LogP contribution in [0.15, 0.2) is 47.4 Å². The summed E-state index contributed by atoms with van der Waals surface area (Å²) in [5.74, 6) is 0.898. The van der Waals surface area contributed by atoms with Crippen LogP contribution in [-0.2, 0) is 0 Å². The Labute approximate surface area is 127 Å². The number of carbonyl (C=O) groups is 1. The summed E-state index contributed by atoms with van der Waals surface area (Å²) in [5, 5.41) is 10.4. The van der Waals surface area contributed by atoms with E-state index in [2.05, 4.69) is 0 Å². The number of phenols is 1. The number of benzene rings is 2. The highest BCUT2D eigenvalue weighted by Gasteiger charge is 2.19. The molecule has 0 saturated carbocycles. The number of aromatic hydroxyl groups is 1. The van der Waals surface area contributed by atoms with Crippen LogP contribution in [0.1, 0.15) is 15.9 Å². The summed E-state index contributed by atoms with van der Waals surface area (Å²) in [6.07, 6.45) is 0. The van der Waals surface area contributed by atoms with Crippen LogP contribution in [0.3, 0.4) is 0 Å². The highest BCUT2D eigenvalue weighted by molar-refractivity contribution is 7.99. The average Bonchev–Trinajstić information content (AvgIpc) is 2.53. The second-order valence-corrected chi connectivity index (χ2v) is 5.43. The number of hydrogen-bond acceptors (Lipinski definition) is 5. The number of hydrogen-bond donors (Lipinski definition) is 2. The number of methoxy groups -OCH3 is 1. The largest absolute Gasteiger partial charge is 0.506 e. The molecule has 0 aromatic heterocycles. The zero-order valence-corrected chi connectivity index (χ0v) is 12.5. The van der Waals surface area contributed by atoms with Crippen molar-refractivity contribution in [2.45, 2.75) is 4.90 Å². The van der Waals surface area contributed by atoms with Crippen molar-refractivity contribution >= 4 is 17.5 Å². The van der Waals surface area contributed by atoms with Crippen LogP contribution in [-0.4, -0.2) is 30.3 Å². The van der Waals surface area contributed by atoms with Crippen molar-refractivity contribution in [2.24, 2.45) is 5.73 Å². The summed E-state index contributed by atoms with van der Waals surface area (Å²) in [5.41, 5.74) is 6.30. The van der Waals surface area contributed by atoms with Gasteiger partial charge in [0.1, 0.15) is 11.5 Å². The van der Waals surface area contributed by atoms with Crippen LogP contribution < -0.4 is 10.5 Å². The molecule has 0 atom stereocenters. The molecule has 0 aliphatic carbocycles. The van der Waals surface area contributed by atoms with E-state index < -0.39 is 0 Å². The molecule has 5 heteroatoms. The fourth-order valence-electron chi connectivity index (χ4n) is 1.94. The van der Waals surface area contributed by atoms with E-state index in [0.717, 1.165) is 0 Å². The monoisotopic (exact) mass is 303 g/mol. The summed E-state index contributed by atoms with van der Waals surface area (Å²) in [6, 6.07) is 12.1. The molecule has 0 spiro atoms. The third kappa shape index (κ3) is 3.37. The molecule has 0 radical (unpaired) electrons. The van der Waals surface area contributed by atoms with Gasteiger partial charge in [-0.15, -0.1) is 11.8 Å². The highest BCUT2D eigenvalue weighted by atomic mass is 32.2. The molecule has 0 saturated heterocycles. The van der Waals surface area contributed by atoms with E-state index in [-0.39, 0.29) is 17.1 Å². The SMILES string of the molecule is COc1ccc(C(=O)c2ccccc2)c(O)c1SCCN. The van der Waals surface area contributed by atoms with Gasteiger partial charge in [0.05, 0.1) is 17.6 Å². The van der Waals surface area contributed by atoms with Gasteiger partial charge in [0.25, 0.3) is 0 Å². The maximum absolute atomic E-state index is 12.5. The molecule has 21 heavy (non-hydrogen) atoms. The Hall–Kier alpha value is -1.98. The van der Waals surface area contributed by atoms with E-state index in [9.17, 15) is 9.90 Å². The molecular formula is C16H17NO3S. The molecule has 3 N–H and O–H groups in total. The first-order chi connectivity index (χ1) is 10.2. The maximum atomic E-state index is 12.5. The van der Waals surface area contributed by atoms with Crippen molar-refractivity contribution in [1.29, 1.82) is 0 Å². The first-order valence-electron chi connectivity index (χ1n) is 6.51. The molecule has 2 rings (SSSR count). The van der Waals surface area contributed by atoms with Gasteiger partial charge in [-0.05, 0) is 12.1 Å². The molecule has 0 bridgehead atoms. The number of carbonyl (C=O) groups excluding carboxylic acids is 1. The predicted octanol–water partition coefficient (Wildman–Crippen LogP) is 2.68. The van der Waals surface area contributed by atoms with Crippen LogP contribution in [0.25, 0.3) is 0 Å². The van der Waals surface area contributed by atoms with Gasteiger partial charge in [-0.1, -0.05) is 30.3 Å². The molecule has 0 heterocycles. The standard InChI is InChI=1S/C16H17NO3S/c1-20-13-8-7-12(15(19)16(13)21-10-9-17)14(18)11-5-3-2-4-6-11/h2-8,19H,9-10,17H2,1H3. The molecule has 0 fully saturated rings. The number of rotatable bonds is 6. The molecule has 4 nitrogen and oxygen atoms in total. The van der Waals surface area contributed by atoms with E-state index >= 15 is 0 Å². The number of thioether (sulfide) groups is 1. The Bertz CT molecular complexity index is 629.